The van der Waals surface area contributed by atoms with Gasteiger partial charge in [0.25, 0.3) is 5.56 Å². The molecule has 0 saturated carbocycles. The average molecular weight is 397 g/mol. The topological polar surface area (TPSA) is 68.6 Å². The van der Waals surface area contributed by atoms with E-state index in [2.05, 4.69) is 0 Å². The molecule has 140 valence electrons. The van der Waals surface area contributed by atoms with Crippen molar-refractivity contribution in [2.75, 3.05) is 13.1 Å². The number of hydrogen-bond acceptors (Lipinski definition) is 4. The van der Waals surface area contributed by atoms with Gasteiger partial charge in [-0.2, -0.15) is 4.31 Å². The third-order valence-electron chi connectivity index (χ3n) is 4.72. The lowest BCUT2D eigenvalue weighted by Gasteiger charge is -2.19. The van der Waals surface area contributed by atoms with Gasteiger partial charge in [-0.3, -0.25) is 4.79 Å². The normalized spacial score (nSPS) is 18.2. The van der Waals surface area contributed by atoms with E-state index in [0.717, 1.165) is 5.69 Å². The van der Waals surface area contributed by atoms with E-state index in [1.54, 1.807) is 38.2 Å². The maximum Gasteiger partial charge on any atom is 0.254 e. The average Bonchev–Trinajstić information content (AvgIpc) is 3.04. The van der Waals surface area contributed by atoms with Gasteiger partial charge in [0.05, 0.1) is 11.4 Å². The minimum atomic E-state index is -3.64. The Morgan fingerprint density at radius 2 is 1.96 bits per heavy atom. The Kier molecular flexibility index (Phi) is 5.14. The third-order valence-corrected chi connectivity index (χ3v) is 7.14. The van der Waals surface area contributed by atoms with Crippen LogP contribution < -0.4 is 10.3 Å². The van der Waals surface area contributed by atoms with Crippen LogP contribution >= 0.6 is 11.6 Å². The van der Waals surface area contributed by atoms with E-state index in [9.17, 15) is 13.2 Å². The van der Waals surface area contributed by atoms with Crippen LogP contribution in [-0.4, -0.2) is 36.5 Å². The molecule has 3 rings (SSSR count). The van der Waals surface area contributed by atoms with Gasteiger partial charge in [-0.05, 0) is 44.0 Å². The lowest BCUT2D eigenvalue weighted by Crippen LogP contribution is -2.31. The fourth-order valence-corrected chi connectivity index (χ4v) is 4.98. The highest BCUT2D eigenvalue weighted by molar-refractivity contribution is 7.89. The molecule has 0 bridgehead atoms. The Balaban J connectivity index is 1.78. The molecular weight excluding hydrogens is 376 g/mol. The van der Waals surface area contributed by atoms with E-state index < -0.39 is 10.0 Å². The highest BCUT2D eigenvalue weighted by Crippen LogP contribution is 2.28. The summed E-state index contributed by atoms with van der Waals surface area (Å²) in [5.74, 6) is 0.466. The molecule has 8 heteroatoms. The summed E-state index contributed by atoms with van der Waals surface area (Å²) in [5, 5.41) is 0.425. The van der Waals surface area contributed by atoms with Crippen molar-refractivity contribution < 1.29 is 13.2 Å². The van der Waals surface area contributed by atoms with Crippen molar-refractivity contribution in [3.63, 3.8) is 0 Å². The fraction of sp³-hybridized carbons (Fsp3) is 0.389. The number of nitrogens with zero attached hydrogens (tertiary/aromatic N) is 2. The largest absolute Gasteiger partial charge is 0.489 e. The van der Waals surface area contributed by atoms with Crippen molar-refractivity contribution in [3.8, 4) is 5.75 Å². The molecule has 2 heterocycles. The SMILES string of the molecule is Cc1c(Cl)cccc1S(=O)(=O)N1CCC(Oc2cc(C)n(C)c(=O)c2)C1. The van der Waals surface area contributed by atoms with Gasteiger partial charge in [-0.1, -0.05) is 17.7 Å². The molecule has 0 radical (unpaired) electrons. The number of aryl methyl sites for hydroxylation is 1. The zero-order valence-electron chi connectivity index (χ0n) is 14.9. The summed E-state index contributed by atoms with van der Waals surface area (Å²) in [4.78, 5) is 12.1. The van der Waals surface area contributed by atoms with Crippen LogP contribution in [0.25, 0.3) is 0 Å². The first kappa shape index (κ1) is 18.9. The number of aromatic nitrogens is 1. The van der Waals surface area contributed by atoms with Gasteiger partial charge in [0.15, 0.2) is 0 Å². The third kappa shape index (κ3) is 3.51. The molecule has 0 aliphatic carbocycles. The molecule has 0 N–H and O–H groups in total. The van der Waals surface area contributed by atoms with Crippen molar-refractivity contribution in [2.24, 2.45) is 7.05 Å². The molecule has 2 aromatic rings. The first-order chi connectivity index (χ1) is 12.2. The molecule has 1 fully saturated rings. The van der Waals surface area contributed by atoms with Crippen LogP contribution in [0.4, 0.5) is 0 Å². The summed E-state index contributed by atoms with van der Waals surface area (Å²) < 4.78 is 34.6. The zero-order valence-corrected chi connectivity index (χ0v) is 16.5. The number of pyridine rings is 1. The van der Waals surface area contributed by atoms with Crippen molar-refractivity contribution in [1.29, 1.82) is 0 Å². The van der Waals surface area contributed by atoms with E-state index in [0.29, 0.717) is 29.3 Å². The summed E-state index contributed by atoms with van der Waals surface area (Å²) in [6.07, 6.45) is 0.267. The number of benzene rings is 1. The van der Waals surface area contributed by atoms with E-state index in [4.69, 9.17) is 16.3 Å². The summed E-state index contributed by atoms with van der Waals surface area (Å²) in [7, 11) is -1.94. The fourth-order valence-electron chi connectivity index (χ4n) is 3.02. The Hall–Kier alpha value is -1.83. The predicted molar refractivity (Wildman–Crippen MR) is 100 cm³/mol. The van der Waals surface area contributed by atoms with E-state index >= 15 is 0 Å². The number of ether oxygens (including phenoxy) is 1. The summed E-state index contributed by atoms with van der Waals surface area (Å²) in [6, 6.07) is 8.07. The van der Waals surface area contributed by atoms with Gasteiger partial charge in [0.2, 0.25) is 10.0 Å². The second-order valence-corrected chi connectivity index (χ2v) is 8.80. The lowest BCUT2D eigenvalue weighted by atomic mass is 10.2. The van der Waals surface area contributed by atoms with Crippen molar-refractivity contribution >= 4 is 21.6 Å². The monoisotopic (exact) mass is 396 g/mol. The van der Waals surface area contributed by atoms with Crippen LogP contribution in [0, 0.1) is 13.8 Å². The van der Waals surface area contributed by atoms with E-state index in [1.807, 2.05) is 6.92 Å². The second-order valence-electron chi connectivity index (χ2n) is 6.48. The van der Waals surface area contributed by atoms with Crippen LogP contribution in [0.3, 0.4) is 0 Å². The summed E-state index contributed by atoms with van der Waals surface area (Å²) in [6.45, 7) is 4.12. The molecule has 0 amide bonds. The first-order valence-corrected chi connectivity index (χ1v) is 10.1. The van der Waals surface area contributed by atoms with Gasteiger partial charge in [-0.25, -0.2) is 8.42 Å². The molecule has 0 spiro atoms. The molecule has 1 aromatic carbocycles. The van der Waals surface area contributed by atoms with Crippen molar-refractivity contribution in [1.82, 2.24) is 8.87 Å². The molecule has 1 aliphatic rings. The maximum atomic E-state index is 12.9. The summed E-state index contributed by atoms with van der Waals surface area (Å²) in [5.41, 5.74) is 1.17. The molecular formula is C18H21ClN2O4S. The highest BCUT2D eigenvalue weighted by Gasteiger charge is 2.34. The molecule has 1 aliphatic heterocycles. The zero-order chi connectivity index (χ0) is 19.1. The molecule has 1 unspecified atom stereocenters. The Morgan fingerprint density at radius 1 is 1.23 bits per heavy atom. The van der Waals surface area contributed by atoms with Gasteiger partial charge in [0.1, 0.15) is 11.9 Å². The molecule has 26 heavy (non-hydrogen) atoms. The van der Waals surface area contributed by atoms with Crippen LogP contribution in [0.2, 0.25) is 5.02 Å². The van der Waals surface area contributed by atoms with Crippen LogP contribution in [-0.2, 0) is 17.1 Å². The number of sulfonamides is 1. The van der Waals surface area contributed by atoms with E-state index in [1.165, 1.54) is 14.9 Å². The minimum Gasteiger partial charge on any atom is -0.489 e. The van der Waals surface area contributed by atoms with Gasteiger partial charge in [0, 0.05) is 30.4 Å². The Bertz CT molecular complexity index is 1000. The Morgan fingerprint density at radius 3 is 2.65 bits per heavy atom. The molecule has 1 saturated heterocycles. The number of hydrogen-bond donors (Lipinski definition) is 0. The van der Waals surface area contributed by atoms with Gasteiger partial charge >= 0.3 is 0 Å². The van der Waals surface area contributed by atoms with Crippen LogP contribution in [0.15, 0.2) is 40.0 Å². The predicted octanol–water partition coefficient (Wildman–Crippen LogP) is 2.50. The Labute approximate surface area is 158 Å². The smallest absolute Gasteiger partial charge is 0.254 e. The summed E-state index contributed by atoms with van der Waals surface area (Å²) >= 11 is 6.07. The lowest BCUT2D eigenvalue weighted by molar-refractivity contribution is 0.214. The standard InChI is InChI=1S/C18H21ClN2O4S/c1-12-9-15(10-18(22)20(12)3)25-14-7-8-21(11-14)26(23,24)17-6-4-5-16(19)13(17)2/h4-6,9-10,14H,7-8,11H2,1-3H3. The van der Waals surface area contributed by atoms with Crippen molar-refractivity contribution in [3.05, 3.63) is 57.0 Å². The molecule has 1 atom stereocenters. The quantitative estimate of drug-likeness (QED) is 0.796. The first-order valence-electron chi connectivity index (χ1n) is 8.30. The van der Waals surface area contributed by atoms with Crippen LogP contribution in [0.5, 0.6) is 5.75 Å². The molecule has 1 aromatic heterocycles. The number of halogens is 1. The second kappa shape index (κ2) is 7.06. The van der Waals surface area contributed by atoms with Gasteiger partial charge in [-0.15, -0.1) is 0 Å². The number of rotatable bonds is 4. The van der Waals surface area contributed by atoms with Crippen molar-refractivity contribution in [2.45, 2.75) is 31.3 Å². The van der Waals surface area contributed by atoms with E-state index in [-0.39, 0.29) is 23.1 Å². The maximum absolute atomic E-state index is 12.9. The van der Waals surface area contributed by atoms with Gasteiger partial charge < -0.3 is 9.30 Å². The minimum absolute atomic E-state index is 0.156. The van der Waals surface area contributed by atoms with Crippen LogP contribution in [0.1, 0.15) is 17.7 Å². The molecule has 6 nitrogen and oxygen atoms in total. The highest BCUT2D eigenvalue weighted by atomic mass is 35.5.